The number of hydrogen-bond acceptors (Lipinski definition) is 8. The summed E-state index contributed by atoms with van der Waals surface area (Å²) in [5.41, 5.74) is 0.607. The quantitative estimate of drug-likeness (QED) is 0.408. The fourth-order valence-electron chi connectivity index (χ4n) is 3.49. The molecule has 4 rings (SSSR count). The van der Waals surface area contributed by atoms with E-state index in [2.05, 4.69) is 9.97 Å². The number of sulfonamides is 1. The third-order valence-corrected chi connectivity index (χ3v) is 8.19. The molecule has 0 aliphatic carbocycles. The third kappa shape index (κ3) is 4.05. The van der Waals surface area contributed by atoms with Crippen molar-refractivity contribution in [2.24, 2.45) is 0 Å². The molecule has 0 saturated carbocycles. The van der Waals surface area contributed by atoms with E-state index in [4.69, 9.17) is 4.18 Å². The average molecular weight is 476 g/mol. The number of aromatic nitrogens is 2. The summed E-state index contributed by atoms with van der Waals surface area (Å²) >= 11 is 0. The number of rotatable bonds is 5. The Labute approximate surface area is 186 Å². The van der Waals surface area contributed by atoms with Crippen LogP contribution in [0.4, 0.5) is 5.82 Å². The summed E-state index contributed by atoms with van der Waals surface area (Å²) in [7, 11) is -7.94. The van der Waals surface area contributed by atoms with E-state index in [1.54, 1.807) is 24.3 Å². The maximum atomic E-state index is 12.9. The number of fused-ring (bicyclic) bond motifs is 1. The third-order valence-electron chi connectivity index (χ3n) is 5.12. The molecular weight excluding hydrogens is 454 g/mol. The van der Waals surface area contributed by atoms with Gasteiger partial charge in [-0.05, 0) is 44.0 Å². The largest absolute Gasteiger partial charge is 0.374 e. The SMILES string of the molecule is CC(=O)c1nc(N2CCCCS2(=O)=O)c2cccnc2c1OS(=O)(=O)c1ccc(C)cc1. The number of aryl methyl sites for hydroxylation is 1. The van der Waals surface area contributed by atoms with Gasteiger partial charge in [-0.3, -0.25) is 14.1 Å². The molecule has 11 heteroatoms. The lowest BCUT2D eigenvalue weighted by atomic mass is 10.1. The first kappa shape index (κ1) is 22.2. The number of carbonyl (C=O) groups is 1. The highest BCUT2D eigenvalue weighted by molar-refractivity contribution is 7.92. The summed E-state index contributed by atoms with van der Waals surface area (Å²) < 4.78 is 57.8. The molecule has 1 aromatic carbocycles. The zero-order valence-corrected chi connectivity index (χ0v) is 19.1. The summed E-state index contributed by atoms with van der Waals surface area (Å²) in [4.78, 5) is 20.8. The van der Waals surface area contributed by atoms with Crippen molar-refractivity contribution >= 4 is 42.6 Å². The van der Waals surface area contributed by atoms with Gasteiger partial charge >= 0.3 is 10.1 Å². The van der Waals surface area contributed by atoms with Gasteiger partial charge in [0.1, 0.15) is 10.4 Å². The van der Waals surface area contributed by atoms with E-state index in [0.717, 1.165) is 9.87 Å². The Hall–Kier alpha value is -3.05. The van der Waals surface area contributed by atoms with Crippen molar-refractivity contribution in [3.05, 3.63) is 53.9 Å². The minimum absolute atomic E-state index is 0.0358. The Kier molecular flexibility index (Phi) is 5.63. The first-order chi connectivity index (χ1) is 15.1. The lowest BCUT2D eigenvalue weighted by Gasteiger charge is -2.28. The van der Waals surface area contributed by atoms with Crippen LogP contribution in [0.3, 0.4) is 0 Å². The van der Waals surface area contributed by atoms with Crippen LogP contribution in [-0.2, 0) is 20.1 Å². The highest BCUT2D eigenvalue weighted by atomic mass is 32.2. The minimum atomic E-state index is -4.30. The molecule has 1 fully saturated rings. The van der Waals surface area contributed by atoms with Crippen LogP contribution in [-0.4, -0.2) is 44.9 Å². The van der Waals surface area contributed by atoms with Crippen LogP contribution in [0.15, 0.2) is 47.5 Å². The second-order valence-corrected chi connectivity index (χ2v) is 11.1. The second-order valence-electron chi connectivity index (χ2n) is 7.51. The molecule has 0 unspecified atom stereocenters. The van der Waals surface area contributed by atoms with E-state index >= 15 is 0 Å². The molecule has 3 heterocycles. The van der Waals surface area contributed by atoms with Crippen molar-refractivity contribution in [2.75, 3.05) is 16.6 Å². The van der Waals surface area contributed by atoms with Gasteiger partial charge < -0.3 is 4.18 Å². The molecule has 1 aliphatic rings. The molecule has 168 valence electrons. The fourth-order valence-corrected chi connectivity index (χ4v) is 6.04. The van der Waals surface area contributed by atoms with Gasteiger partial charge in [0.05, 0.1) is 5.75 Å². The number of anilines is 1. The van der Waals surface area contributed by atoms with Crippen molar-refractivity contribution < 1.29 is 25.8 Å². The summed E-state index contributed by atoms with van der Waals surface area (Å²) in [6.07, 6.45) is 2.58. The molecule has 0 N–H and O–H groups in total. The van der Waals surface area contributed by atoms with Crippen LogP contribution < -0.4 is 8.49 Å². The molecule has 2 aromatic heterocycles. The lowest BCUT2D eigenvalue weighted by molar-refractivity contribution is 0.101. The van der Waals surface area contributed by atoms with Crippen LogP contribution in [0.1, 0.15) is 35.8 Å². The molecule has 0 spiro atoms. The first-order valence-electron chi connectivity index (χ1n) is 9.91. The van der Waals surface area contributed by atoms with E-state index in [-0.39, 0.29) is 45.4 Å². The van der Waals surface area contributed by atoms with Crippen molar-refractivity contribution in [3.63, 3.8) is 0 Å². The molecule has 1 saturated heterocycles. The predicted octanol–water partition coefficient (Wildman–Crippen LogP) is 2.84. The summed E-state index contributed by atoms with van der Waals surface area (Å²) in [5.74, 6) is -0.904. The van der Waals surface area contributed by atoms with E-state index in [0.29, 0.717) is 12.8 Å². The van der Waals surface area contributed by atoms with Crippen molar-refractivity contribution in [1.82, 2.24) is 9.97 Å². The van der Waals surface area contributed by atoms with Gasteiger partial charge in [-0.15, -0.1) is 0 Å². The standard InChI is InChI=1S/C21H21N3O6S2/c1-14-7-9-16(10-8-14)32(28,29)30-20-18(15(2)25)23-21(17-6-5-11-22-19(17)20)24-12-3-4-13-31(24,26)27/h5-11H,3-4,12-13H2,1-2H3. The van der Waals surface area contributed by atoms with Crippen LogP contribution in [0.25, 0.3) is 10.9 Å². The molecule has 3 aromatic rings. The number of nitrogens with zero attached hydrogens (tertiary/aromatic N) is 3. The first-order valence-corrected chi connectivity index (χ1v) is 12.9. The number of hydrogen-bond donors (Lipinski definition) is 0. The Morgan fingerprint density at radius 3 is 2.50 bits per heavy atom. The molecule has 32 heavy (non-hydrogen) atoms. The zero-order valence-electron chi connectivity index (χ0n) is 17.5. The Bertz CT molecular complexity index is 1420. The van der Waals surface area contributed by atoms with Crippen LogP contribution in [0.5, 0.6) is 5.75 Å². The predicted molar refractivity (Wildman–Crippen MR) is 119 cm³/mol. The van der Waals surface area contributed by atoms with Crippen molar-refractivity contribution in [2.45, 2.75) is 31.6 Å². The topological polar surface area (TPSA) is 124 Å². The summed E-state index contributed by atoms with van der Waals surface area (Å²) in [5, 5.41) is 0.275. The average Bonchev–Trinajstić information content (AvgIpc) is 2.74. The van der Waals surface area contributed by atoms with Gasteiger partial charge in [0.15, 0.2) is 23.0 Å². The highest BCUT2D eigenvalue weighted by Gasteiger charge is 2.32. The van der Waals surface area contributed by atoms with Gasteiger partial charge in [0, 0.05) is 25.1 Å². The van der Waals surface area contributed by atoms with Gasteiger partial charge in [-0.1, -0.05) is 17.7 Å². The van der Waals surface area contributed by atoms with E-state index in [1.165, 1.54) is 25.3 Å². The molecule has 0 radical (unpaired) electrons. The smallest absolute Gasteiger partial charge is 0.339 e. The van der Waals surface area contributed by atoms with Gasteiger partial charge in [0.25, 0.3) is 0 Å². The number of benzene rings is 1. The van der Waals surface area contributed by atoms with E-state index < -0.39 is 25.9 Å². The molecule has 0 amide bonds. The maximum Gasteiger partial charge on any atom is 0.339 e. The Morgan fingerprint density at radius 1 is 1.12 bits per heavy atom. The zero-order chi connectivity index (χ0) is 23.1. The Balaban J connectivity index is 1.93. The van der Waals surface area contributed by atoms with Gasteiger partial charge in [-0.2, -0.15) is 8.42 Å². The van der Waals surface area contributed by atoms with E-state index in [9.17, 15) is 21.6 Å². The Morgan fingerprint density at radius 2 is 1.84 bits per heavy atom. The lowest BCUT2D eigenvalue weighted by Crippen LogP contribution is -2.38. The van der Waals surface area contributed by atoms with Gasteiger partial charge in [-0.25, -0.2) is 13.4 Å². The number of pyridine rings is 2. The normalized spacial score (nSPS) is 16.1. The fraction of sp³-hybridized carbons (Fsp3) is 0.286. The van der Waals surface area contributed by atoms with E-state index in [1.807, 2.05) is 6.92 Å². The number of ketones is 1. The molecule has 0 atom stereocenters. The number of Topliss-reactive ketones (excluding diaryl/α,β-unsaturated/α-hetero) is 1. The minimum Gasteiger partial charge on any atom is -0.374 e. The highest BCUT2D eigenvalue weighted by Crippen LogP contribution is 2.37. The molecule has 0 bridgehead atoms. The molecule has 9 nitrogen and oxygen atoms in total. The van der Waals surface area contributed by atoms with Crippen molar-refractivity contribution in [1.29, 1.82) is 0 Å². The molecule has 1 aliphatic heterocycles. The van der Waals surface area contributed by atoms with Crippen LogP contribution in [0, 0.1) is 6.92 Å². The number of carbonyl (C=O) groups excluding carboxylic acids is 1. The van der Waals surface area contributed by atoms with Gasteiger partial charge in [0.2, 0.25) is 10.0 Å². The summed E-state index contributed by atoms with van der Waals surface area (Å²) in [6.45, 7) is 3.23. The monoisotopic (exact) mass is 475 g/mol. The van der Waals surface area contributed by atoms with Crippen LogP contribution >= 0.6 is 0 Å². The van der Waals surface area contributed by atoms with Crippen LogP contribution in [0.2, 0.25) is 0 Å². The summed E-state index contributed by atoms with van der Waals surface area (Å²) in [6, 6.07) is 9.20. The second kappa shape index (κ2) is 8.14. The molecular formula is C21H21N3O6S2. The van der Waals surface area contributed by atoms with Crippen molar-refractivity contribution in [3.8, 4) is 5.75 Å². The maximum absolute atomic E-state index is 12.9.